The number of pyridine rings is 1. The smallest absolute Gasteiger partial charge is 0.267 e. The number of hydrogen-bond acceptors (Lipinski definition) is 4. The SMILES string of the molecule is Cc1ccc(-c2cc(-c3ccc(Cl)cc3)c3c(ncn4c(=O)c5cc(Br)cc(Br)c5nc34)n2)cc1. The van der Waals surface area contributed by atoms with Crippen molar-refractivity contribution in [3.63, 3.8) is 0 Å². The van der Waals surface area contributed by atoms with Crippen LogP contribution in [0.3, 0.4) is 0 Å². The van der Waals surface area contributed by atoms with Gasteiger partial charge in [0.25, 0.3) is 5.56 Å². The molecule has 0 saturated heterocycles. The first-order valence-corrected chi connectivity index (χ1v) is 12.7. The lowest BCUT2D eigenvalue weighted by Crippen LogP contribution is -2.16. The molecule has 0 atom stereocenters. The second-order valence-electron chi connectivity index (χ2n) is 8.27. The average Bonchev–Trinajstić information content (AvgIpc) is 2.85. The van der Waals surface area contributed by atoms with Gasteiger partial charge in [-0.05, 0) is 64.3 Å². The molecular formula is C27H15Br2ClN4O. The zero-order chi connectivity index (χ0) is 24.3. The van der Waals surface area contributed by atoms with Crippen LogP contribution in [0.1, 0.15) is 5.56 Å². The van der Waals surface area contributed by atoms with Crippen molar-refractivity contribution in [1.82, 2.24) is 19.4 Å². The molecule has 6 rings (SSSR count). The molecule has 5 nitrogen and oxygen atoms in total. The van der Waals surface area contributed by atoms with E-state index in [1.165, 1.54) is 16.3 Å². The Morgan fingerprint density at radius 1 is 0.886 bits per heavy atom. The van der Waals surface area contributed by atoms with E-state index >= 15 is 0 Å². The number of aryl methyl sites for hydroxylation is 1. The number of nitrogens with zero attached hydrogens (tertiary/aromatic N) is 4. The van der Waals surface area contributed by atoms with Crippen molar-refractivity contribution in [2.45, 2.75) is 6.92 Å². The fourth-order valence-corrected chi connectivity index (χ4v) is 5.64. The summed E-state index contributed by atoms with van der Waals surface area (Å²) in [4.78, 5) is 27.8. The normalized spacial score (nSPS) is 11.5. The Morgan fingerprint density at radius 2 is 1.60 bits per heavy atom. The molecule has 0 aliphatic rings. The third kappa shape index (κ3) is 3.84. The Kier molecular flexibility index (Phi) is 5.44. The highest BCUT2D eigenvalue weighted by Crippen LogP contribution is 2.35. The van der Waals surface area contributed by atoms with Gasteiger partial charge in [-0.15, -0.1) is 0 Å². The summed E-state index contributed by atoms with van der Waals surface area (Å²) in [6.45, 7) is 2.05. The molecule has 3 aromatic carbocycles. The molecule has 3 heterocycles. The molecular weight excluding hydrogens is 592 g/mol. The molecule has 170 valence electrons. The number of fused-ring (bicyclic) bond motifs is 4. The van der Waals surface area contributed by atoms with Crippen molar-refractivity contribution in [2.75, 3.05) is 0 Å². The zero-order valence-corrected chi connectivity index (χ0v) is 22.2. The molecule has 0 aliphatic carbocycles. The Morgan fingerprint density at radius 3 is 2.34 bits per heavy atom. The first-order valence-electron chi connectivity index (χ1n) is 10.7. The third-order valence-electron chi connectivity index (χ3n) is 5.95. The minimum atomic E-state index is -0.203. The van der Waals surface area contributed by atoms with Gasteiger partial charge in [-0.25, -0.2) is 19.4 Å². The van der Waals surface area contributed by atoms with E-state index in [2.05, 4.69) is 55.9 Å². The maximum Gasteiger partial charge on any atom is 0.267 e. The monoisotopic (exact) mass is 604 g/mol. The molecule has 3 aromatic heterocycles. The van der Waals surface area contributed by atoms with E-state index in [1.807, 2.05) is 48.5 Å². The molecule has 0 unspecified atom stereocenters. The lowest BCUT2D eigenvalue weighted by molar-refractivity contribution is 1.03. The first-order chi connectivity index (χ1) is 16.9. The molecule has 0 N–H and O–H groups in total. The molecule has 8 heteroatoms. The summed E-state index contributed by atoms with van der Waals surface area (Å²) in [5.74, 6) is 0. The summed E-state index contributed by atoms with van der Waals surface area (Å²) >= 11 is 13.2. The minimum absolute atomic E-state index is 0.203. The Bertz CT molecular complexity index is 1850. The van der Waals surface area contributed by atoms with E-state index < -0.39 is 0 Å². The molecule has 0 bridgehead atoms. The van der Waals surface area contributed by atoms with Crippen LogP contribution < -0.4 is 5.56 Å². The summed E-state index contributed by atoms with van der Waals surface area (Å²) < 4.78 is 3.00. The molecule has 0 spiro atoms. The van der Waals surface area contributed by atoms with Crippen LogP contribution >= 0.6 is 43.5 Å². The van der Waals surface area contributed by atoms with E-state index in [-0.39, 0.29) is 5.56 Å². The number of halogens is 3. The predicted molar refractivity (Wildman–Crippen MR) is 148 cm³/mol. The van der Waals surface area contributed by atoms with E-state index in [0.717, 1.165) is 31.3 Å². The largest absolute Gasteiger partial charge is 0.268 e. The van der Waals surface area contributed by atoms with Crippen molar-refractivity contribution in [1.29, 1.82) is 0 Å². The summed E-state index contributed by atoms with van der Waals surface area (Å²) in [6, 6.07) is 21.4. The van der Waals surface area contributed by atoms with Crippen LogP contribution in [-0.4, -0.2) is 19.4 Å². The summed E-state index contributed by atoms with van der Waals surface area (Å²) in [7, 11) is 0. The van der Waals surface area contributed by atoms with Crippen molar-refractivity contribution >= 4 is 71.0 Å². The zero-order valence-electron chi connectivity index (χ0n) is 18.3. The fraction of sp³-hybridized carbons (Fsp3) is 0.0370. The van der Waals surface area contributed by atoms with Gasteiger partial charge in [0.1, 0.15) is 6.33 Å². The third-order valence-corrected chi connectivity index (χ3v) is 7.26. The van der Waals surface area contributed by atoms with Gasteiger partial charge in [0.05, 0.1) is 22.0 Å². The average molecular weight is 607 g/mol. The number of benzene rings is 3. The van der Waals surface area contributed by atoms with Gasteiger partial charge in [-0.1, -0.05) is 69.5 Å². The summed E-state index contributed by atoms with van der Waals surface area (Å²) in [5, 5.41) is 1.82. The predicted octanol–water partition coefficient (Wildman–Crippen LogP) is 7.61. The van der Waals surface area contributed by atoms with Gasteiger partial charge in [0.2, 0.25) is 0 Å². The standard InChI is InChI=1S/C27H15Br2ClN4O/c1-14-2-4-16(5-3-14)22-12-19(15-6-8-18(30)9-7-15)23-25(32-22)31-13-34-26(23)33-24-20(27(34)35)10-17(28)11-21(24)29/h2-13H,1H3. The van der Waals surface area contributed by atoms with Gasteiger partial charge in [-0.3, -0.25) is 4.79 Å². The van der Waals surface area contributed by atoms with E-state index in [1.54, 1.807) is 6.07 Å². The Labute approximate surface area is 221 Å². The molecule has 0 saturated carbocycles. The van der Waals surface area contributed by atoms with Gasteiger partial charge >= 0.3 is 0 Å². The van der Waals surface area contributed by atoms with Gasteiger partial charge in [0.15, 0.2) is 11.3 Å². The molecule has 0 fully saturated rings. The highest BCUT2D eigenvalue weighted by Gasteiger charge is 2.18. The lowest BCUT2D eigenvalue weighted by atomic mass is 9.99. The number of aromatic nitrogens is 4. The summed E-state index contributed by atoms with van der Waals surface area (Å²) in [5.41, 5.74) is 6.10. The molecule has 35 heavy (non-hydrogen) atoms. The second-order valence-corrected chi connectivity index (χ2v) is 10.5. The number of rotatable bonds is 2. The van der Waals surface area contributed by atoms with E-state index in [4.69, 9.17) is 21.6 Å². The fourth-order valence-electron chi connectivity index (χ4n) is 4.20. The van der Waals surface area contributed by atoms with Gasteiger partial charge < -0.3 is 0 Å². The molecule has 0 radical (unpaired) electrons. The Hall–Kier alpha value is -3.13. The van der Waals surface area contributed by atoms with Crippen LogP contribution in [0.5, 0.6) is 0 Å². The van der Waals surface area contributed by atoms with Crippen LogP contribution in [-0.2, 0) is 0 Å². The van der Waals surface area contributed by atoms with Gasteiger partial charge in [-0.2, -0.15) is 0 Å². The van der Waals surface area contributed by atoms with Crippen molar-refractivity contribution < 1.29 is 0 Å². The van der Waals surface area contributed by atoms with E-state index in [0.29, 0.717) is 32.6 Å². The summed E-state index contributed by atoms with van der Waals surface area (Å²) in [6.07, 6.45) is 1.50. The maximum absolute atomic E-state index is 13.5. The molecule has 0 aliphatic heterocycles. The highest BCUT2D eigenvalue weighted by atomic mass is 79.9. The van der Waals surface area contributed by atoms with Crippen LogP contribution in [0.25, 0.3) is 50.0 Å². The van der Waals surface area contributed by atoms with Crippen LogP contribution in [0.15, 0.2) is 86.8 Å². The van der Waals surface area contributed by atoms with Crippen LogP contribution in [0.4, 0.5) is 0 Å². The Balaban J connectivity index is 1.77. The van der Waals surface area contributed by atoms with Crippen molar-refractivity contribution in [3.05, 3.63) is 103 Å². The first kappa shape index (κ1) is 22.3. The van der Waals surface area contributed by atoms with Crippen LogP contribution in [0, 0.1) is 6.92 Å². The van der Waals surface area contributed by atoms with Crippen LogP contribution in [0.2, 0.25) is 5.02 Å². The highest BCUT2D eigenvalue weighted by molar-refractivity contribution is 9.11. The topological polar surface area (TPSA) is 60.2 Å². The molecule has 0 amide bonds. The second kappa shape index (κ2) is 8.52. The van der Waals surface area contributed by atoms with E-state index in [9.17, 15) is 4.79 Å². The molecule has 6 aromatic rings. The van der Waals surface area contributed by atoms with Gasteiger partial charge in [0, 0.05) is 19.5 Å². The maximum atomic E-state index is 13.5. The minimum Gasteiger partial charge on any atom is -0.268 e. The van der Waals surface area contributed by atoms with Crippen molar-refractivity contribution in [2.24, 2.45) is 0 Å². The number of hydrogen-bond donors (Lipinski definition) is 0. The quantitative estimate of drug-likeness (QED) is 0.150. The van der Waals surface area contributed by atoms with Crippen molar-refractivity contribution in [3.8, 4) is 22.4 Å². The lowest BCUT2D eigenvalue weighted by Gasteiger charge is -2.13.